The third kappa shape index (κ3) is 3.61. The molecule has 1 heterocycles. The average Bonchev–Trinajstić information content (AvgIpc) is 2.96. The number of hydrogen-bond acceptors (Lipinski definition) is 5. The summed E-state index contributed by atoms with van der Waals surface area (Å²) >= 11 is 1.16. The van der Waals surface area contributed by atoms with Gasteiger partial charge in [-0.25, -0.2) is 4.79 Å². The molecule has 0 bridgehead atoms. The van der Waals surface area contributed by atoms with E-state index in [1.165, 1.54) is 7.11 Å². The van der Waals surface area contributed by atoms with E-state index in [0.717, 1.165) is 22.5 Å². The largest absolute Gasteiger partial charge is 0.481 e. The fourth-order valence-electron chi connectivity index (χ4n) is 2.71. The van der Waals surface area contributed by atoms with Crippen molar-refractivity contribution in [1.29, 1.82) is 0 Å². The minimum Gasteiger partial charge on any atom is -0.481 e. The highest BCUT2D eigenvalue weighted by Gasteiger charge is 2.37. The summed E-state index contributed by atoms with van der Waals surface area (Å²) in [4.78, 5) is 36.0. The molecule has 124 valence electrons. The SMILES string of the molecule is COC(=O)c1sccc1NC(=O)[C@@H]1CC(C)=C(C)C[C@H]1C(=O)O. The van der Waals surface area contributed by atoms with Gasteiger partial charge in [-0.1, -0.05) is 11.1 Å². The van der Waals surface area contributed by atoms with Crippen LogP contribution in [-0.2, 0) is 14.3 Å². The van der Waals surface area contributed by atoms with E-state index in [4.69, 9.17) is 0 Å². The van der Waals surface area contributed by atoms with Gasteiger partial charge < -0.3 is 15.2 Å². The number of hydrogen-bond donors (Lipinski definition) is 2. The minimum absolute atomic E-state index is 0.298. The summed E-state index contributed by atoms with van der Waals surface area (Å²) in [5.41, 5.74) is 2.42. The molecule has 0 unspecified atom stereocenters. The molecule has 2 atom stereocenters. The van der Waals surface area contributed by atoms with Crippen LogP contribution in [0.3, 0.4) is 0 Å². The molecule has 23 heavy (non-hydrogen) atoms. The number of carboxylic acids is 1. The van der Waals surface area contributed by atoms with Crippen LogP contribution in [0.15, 0.2) is 22.6 Å². The van der Waals surface area contributed by atoms with Crippen molar-refractivity contribution in [3.05, 3.63) is 27.5 Å². The minimum atomic E-state index is -0.976. The number of allylic oxidation sites excluding steroid dienone is 2. The first-order valence-corrected chi connectivity index (χ1v) is 8.07. The van der Waals surface area contributed by atoms with Crippen LogP contribution in [0.5, 0.6) is 0 Å². The standard InChI is InChI=1S/C16H19NO5S/c1-8-6-10(11(15(19)20)7-9(8)2)14(18)17-12-4-5-23-13(12)16(21)22-3/h4-5,10-11H,6-7H2,1-3H3,(H,17,18)(H,19,20)/t10-,11-/m1/s1. The molecule has 2 N–H and O–H groups in total. The molecule has 0 saturated heterocycles. The van der Waals surface area contributed by atoms with Gasteiger partial charge in [0.1, 0.15) is 4.88 Å². The molecule has 1 aliphatic rings. The monoisotopic (exact) mass is 337 g/mol. The van der Waals surface area contributed by atoms with Crippen molar-refractivity contribution < 1.29 is 24.2 Å². The Morgan fingerprint density at radius 1 is 1.22 bits per heavy atom. The molecule has 6 nitrogen and oxygen atoms in total. The van der Waals surface area contributed by atoms with Crippen molar-refractivity contribution in [2.75, 3.05) is 12.4 Å². The number of carboxylic acid groups (broad SMARTS) is 1. The van der Waals surface area contributed by atoms with E-state index in [-0.39, 0.29) is 5.91 Å². The second-order valence-electron chi connectivity index (χ2n) is 5.66. The van der Waals surface area contributed by atoms with Crippen LogP contribution >= 0.6 is 11.3 Å². The zero-order chi connectivity index (χ0) is 17.1. The van der Waals surface area contributed by atoms with E-state index >= 15 is 0 Å². The number of aliphatic carboxylic acids is 1. The van der Waals surface area contributed by atoms with E-state index in [2.05, 4.69) is 10.1 Å². The summed E-state index contributed by atoms with van der Waals surface area (Å²) in [6, 6.07) is 1.61. The van der Waals surface area contributed by atoms with E-state index < -0.39 is 23.8 Å². The second-order valence-corrected chi connectivity index (χ2v) is 6.58. The molecule has 1 aromatic rings. The molecule has 0 radical (unpaired) electrons. The topological polar surface area (TPSA) is 92.7 Å². The maximum Gasteiger partial charge on any atom is 0.350 e. The van der Waals surface area contributed by atoms with Crippen LogP contribution in [0.2, 0.25) is 0 Å². The zero-order valence-corrected chi connectivity index (χ0v) is 14.0. The molecular formula is C16H19NO5S. The van der Waals surface area contributed by atoms with Gasteiger partial charge in [0.25, 0.3) is 0 Å². The highest BCUT2D eigenvalue weighted by atomic mass is 32.1. The van der Waals surface area contributed by atoms with Crippen molar-refractivity contribution in [3.8, 4) is 0 Å². The van der Waals surface area contributed by atoms with E-state index in [1.807, 2.05) is 13.8 Å². The molecule has 0 aromatic carbocycles. The van der Waals surface area contributed by atoms with Gasteiger partial charge in [-0.15, -0.1) is 11.3 Å². The number of carbonyl (C=O) groups is 3. The lowest BCUT2D eigenvalue weighted by atomic mass is 9.76. The molecule has 1 amide bonds. The fraction of sp³-hybridized carbons (Fsp3) is 0.438. The molecule has 0 saturated carbocycles. The second kappa shape index (κ2) is 6.95. The normalized spacial score (nSPS) is 21.0. The highest BCUT2D eigenvalue weighted by Crippen LogP contribution is 2.35. The molecule has 0 fully saturated rings. The van der Waals surface area contributed by atoms with Crippen molar-refractivity contribution in [1.82, 2.24) is 0 Å². The zero-order valence-electron chi connectivity index (χ0n) is 13.2. The molecule has 7 heteroatoms. The summed E-state index contributed by atoms with van der Waals surface area (Å²) in [6.45, 7) is 3.81. The maximum atomic E-state index is 12.6. The first kappa shape index (κ1) is 17.2. The van der Waals surface area contributed by atoms with E-state index in [0.29, 0.717) is 23.4 Å². The Morgan fingerprint density at radius 2 is 1.83 bits per heavy atom. The van der Waals surface area contributed by atoms with Crippen LogP contribution in [0.25, 0.3) is 0 Å². The number of carbonyl (C=O) groups excluding carboxylic acids is 2. The van der Waals surface area contributed by atoms with E-state index in [1.54, 1.807) is 11.4 Å². The van der Waals surface area contributed by atoms with Gasteiger partial charge in [0.05, 0.1) is 24.6 Å². The van der Waals surface area contributed by atoms with Crippen LogP contribution in [-0.4, -0.2) is 30.1 Å². The Kier molecular flexibility index (Phi) is 5.20. The number of nitrogens with one attached hydrogen (secondary N) is 1. The first-order valence-electron chi connectivity index (χ1n) is 7.19. The van der Waals surface area contributed by atoms with Gasteiger partial charge in [0.15, 0.2) is 0 Å². The van der Waals surface area contributed by atoms with E-state index in [9.17, 15) is 19.5 Å². The third-order valence-electron chi connectivity index (χ3n) is 4.21. The molecule has 1 aliphatic carbocycles. The summed E-state index contributed by atoms with van der Waals surface area (Å²) in [6.07, 6.45) is 0.777. The molecule has 1 aromatic heterocycles. The van der Waals surface area contributed by atoms with Crippen molar-refractivity contribution in [2.45, 2.75) is 26.7 Å². The third-order valence-corrected chi connectivity index (χ3v) is 5.11. The summed E-state index contributed by atoms with van der Waals surface area (Å²) in [5, 5.41) is 13.7. The molecule has 2 rings (SSSR count). The van der Waals surface area contributed by atoms with Gasteiger partial charge in [-0.05, 0) is 38.1 Å². The first-order chi connectivity index (χ1) is 10.8. The Balaban J connectivity index is 2.21. The quantitative estimate of drug-likeness (QED) is 0.651. The van der Waals surface area contributed by atoms with Crippen LogP contribution in [0, 0.1) is 11.8 Å². The maximum absolute atomic E-state index is 12.6. The lowest BCUT2D eigenvalue weighted by molar-refractivity contribution is -0.146. The van der Waals surface area contributed by atoms with Crippen LogP contribution < -0.4 is 5.32 Å². The van der Waals surface area contributed by atoms with Crippen LogP contribution in [0.4, 0.5) is 5.69 Å². The fourth-order valence-corrected chi connectivity index (χ4v) is 3.48. The number of rotatable bonds is 4. The molecule has 0 spiro atoms. The predicted octanol–water partition coefficient (Wildman–Crippen LogP) is 2.92. The number of methoxy groups -OCH3 is 1. The summed E-state index contributed by atoms with van der Waals surface area (Å²) in [7, 11) is 1.27. The number of thiophene rings is 1. The number of esters is 1. The number of ether oxygens (including phenoxy) is 1. The van der Waals surface area contributed by atoms with Gasteiger partial charge >= 0.3 is 11.9 Å². The number of anilines is 1. The van der Waals surface area contributed by atoms with Gasteiger partial charge in [0.2, 0.25) is 5.91 Å². The van der Waals surface area contributed by atoms with Gasteiger partial charge in [0, 0.05) is 0 Å². The van der Waals surface area contributed by atoms with Crippen molar-refractivity contribution >= 4 is 34.9 Å². The summed E-state index contributed by atoms with van der Waals surface area (Å²) in [5.74, 6) is -3.29. The highest BCUT2D eigenvalue weighted by molar-refractivity contribution is 7.12. The summed E-state index contributed by atoms with van der Waals surface area (Å²) < 4.78 is 4.67. The Bertz CT molecular complexity index is 676. The Hall–Kier alpha value is -2.15. The lowest BCUT2D eigenvalue weighted by Crippen LogP contribution is -2.36. The van der Waals surface area contributed by atoms with Crippen LogP contribution in [0.1, 0.15) is 36.4 Å². The van der Waals surface area contributed by atoms with Crippen molar-refractivity contribution in [2.24, 2.45) is 11.8 Å². The smallest absolute Gasteiger partial charge is 0.350 e. The predicted molar refractivity (Wildman–Crippen MR) is 86.5 cm³/mol. The Labute approximate surface area is 138 Å². The molecule has 0 aliphatic heterocycles. The van der Waals surface area contributed by atoms with Gasteiger partial charge in [-0.2, -0.15) is 0 Å². The van der Waals surface area contributed by atoms with Crippen molar-refractivity contribution in [3.63, 3.8) is 0 Å². The lowest BCUT2D eigenvalue weighted by Gasteiger charge is -2.29. The average molecular weight is 337 g/mol. The van der Waals surface area contributed by atoms with Gasteiger partial charge in [-0.3, -0.25) is 9.59 Å². The molecular weight excluding hydrogens is 318 g/mol. The number of amides is 1. The Morgan fingerprint density at radius 3 is 2.39 bits per heavy atom.